The summed E-state index contributed by atoms with van der Waals surface area (Å²) in [5.41, 5.74) is 1.99. The van der Waals surface area contributed by atoms with Crippen LogP contribution in [0.15, 0.2) is 53.2 Å². The summed E-state index contributed by atoms with van der Waals surface area (Å²) in [5, 5.41) is 3.96. The largest absolute Gasteiger partial charge is 0.332 e. The first-order valence-corrected chi connectivity index (χ1v) is 12.0. The molecular formula is C24H27FN2O2S2. The molecule has 0 fully saturated rings. The lowest BCUT2D eigenvalue weighted by molar-refractivity contribution is -0.142. The van der Waals surface area contributed by atoms with Crippen LogP contribution in [-0.2, 0) is 29.1 Å². The van der Waals surface area contributed by atoms with Crippen molar-refractivity contribution in [3.05, 3.63) is 79.9 Å². The van der Waals surface area contributed by atoms with Gasteiger partial charge in [0.05, 0.1) is 13.0 Å². The molecule has 3 aromatic rings. The van der Waals surface area contributed by atoms with E-state index in [-0.39, 0.29) is 30.2 Å². The monoisotopic (exact) mass is 458 g/mol. The first-order valence-electron chi connectivity index (χ1n) is 10.2. The van der Waals surface area contributed by atoms with Crippen LogP contribution in [0.4, 0.5) is 4.39 Å². The van der Waals surface area contributed by atoms with Crippen LogP contribution in [0.2, 0.25) is 0 Å². The summed E-state index contributed by atoms with van der Waals surface area (Å²) in [6, 6.07) is 12.0. The van der Waals surface area contributed by atoms with Gasteiger partial charge in [-0.1, -0.05) is 18.2 Å². The second-order valence-corrected chi connectivity index (χ2v) is 9.81. The molecule has 2 heterocycles. The van der Waals surface area contributed by atoms with E-state index in [9.17, 15) is 14.0 Å². The first-order chi connectivity index (χ1) is 14.8. The van der Waals surface area contributed by atoms with Crippen LogP contribution in [0, 0.1) is 12.7 Å². The molecule has 0 radical (unpaired) electrons. The zero-order chi connectivity index (χ0) is 22.4. The highest BCUT2D eigenvalue weighted by molar-refractivity contribution is 7.10. The molecule has 0 spiro atoms. The summed E-state index contributed by atoms with van der Waals surface area (Å²) in [7, 11) is 0. The maximum Gasteiger partial charge on any atom is 0.242 e. The number of carbonyl (C=O) groups is 2. The Morgan fingerprint density at radius 1 is 0.968 bits per heavy atom. The summed E-state index contributed by atoms with van der Waals surface area (Å²) in [6.07, 6.45) is 0.297. The number of thiophene rings is 2. The predicted molar refractivity (Wildman–Crippen MR) is 125 cm³/mol. The van der Waals surface area contributed by atoms with E-state index in [4.69, 9.17) is 0 Å². The van der Waals surface area contributed by atoms with Gasteiger partial charge in [-0.15, -0.1) is 22.7 Å². The van der Waals surface area contributed by atoms with Crippen LogP contribution in [0.1, 0.15) is 34.7 Å². The third kappa shape index (κ3) is 6.48. The Bertz CT molecular complexity index is 997. The van der Waals surface area contributed by atoms with Crippen molar-refractivity contribution < 1.29 is 14.0 Å². The highest BCUT2D eigenvalue weighted by Crippen LogP contribution is 2.20. The molecular weight excluding hydrogens is 431 g/mol. The van der Waals surface area contributed by atoms with E-state index in [1.807, 2.05) is 49.7 Å². The van der Waals surface area contributed by atoms with Gasteiger partial charge in [0.2, 0.25) is 11.8 Å². The number of amides is 2. The zero-order valence-electron chi connectivity index (χ0n) is 18.0. The molecule has 31 heavy (non-hydrogen) atoms. The lowest BCUT2D eigenvalue weighted by Gasteiger charge is -2.30. The standard InChI is InChI=1S/C24H27FN2O2S2/c1-17(2)27(23(28)13-21-5-4-11-30-21)16-24(29)26(15-22-18(3)10-12-31-22)14-19-6-8-20(25)9-7-19/h4-12,17H,13-16H2,1-3H3. The molecule has 0 saturated carbocycles. The average molecular weight is 459 g/mol. The highest BCUT2D eigenvalue weighted by atomic mass is 32.1. The number of halogens is 1. The van der Waals surface area contributed by atoms with E-state index < -0.39 is 0 Å². The summed E-state index contributed by atoms with van der Waals surface area (Å²) in [4.78, 5) is 31.7. The van der Waals surface area contributed by atoms with Crippen molar-refractivity contribution in [3.8, 4) is 0 Å². The highest BCUT2D eigenvalue weighted by Gasteiger charge is 2.24. The van der Waals surface area contributed by atoms with Gasteiger partial charge in [0.25, 0.3) is 0 Å². The summed E-state index contributed by atoms with van der Waals surface area (Å²) in [6.45, 7) is 6.72. The Balaban J connectivity index is 1.77. The fourth-order valence-electron chi connectivity index (χ4n) is 3.25. The molecule has 4 nitrogen and oxygen atoms in total. The normalized spacial score (nSPS) is 11.0. The lowest BCUT2D eigenvalue weighted by Crippen LogP contribution is -2.46. The Morgan fingerprint density at radius 3 is 2.29 bits per heavy atom. The van der Waals surface area contributed by atoms with Gasteiger partial charge in [-0.05, 0) is 66.9 Å². The molecule has 2 amide bonds. The second-order valence-electron chi connectivity index (χ2n) is 7.77. The van der Waals surface area contributed by atoms with Crippen LogP contribution in [0.3, 0.4) is 0 Å². The number of benzene rings is 1. The number of carbonyl (C=O) groups excluding carboxylic acids is 2. The van der Waals surface area contributed by atoms with Gasteiger partial charge >= 0.3 is 0 Å². The molecule has 1 aromatic carbocycles. The second kappa shape index (κ2) is 10.7. The average Bonchev–Trinajstić information content (AvgIpc) is 3.38. The molecule has 0 N–H and O–H groups in total. The van der Waals surface area contributed by atoms with E-state index in [1.54, 1.807) is 44.6 Å². The molecule has 3 rings (SSSR count). The van der Waals surface area contributed by atoms with Crippen molar-refractivity contribution in [2.75, 3.05) is 6.54 Å². The van der Waals surface area contributed by atoms with E-state index in [0.29, 0.717) is 19.5 Å². The van der Waals surface area contributed by atoms with Gasteiger partial charge in [-0.2, -0.15) is 0 Å². The third-order valence-electron chi connectivity index (χ3n) is 5.10. The molecule has 2 aromatic heterocycles. The van der Waals surface area contributed by atoms with Gasteiger partial charge in [0.1, 0.15) is 12.4 Å². The van der Waals surface area contributed by atoms with Crippen LogP contribution in [-0.4, -0.2) is 34.2 Å². The van der Waals surface area contributed by atoms with Crippen molar-refractivity contribution >= 4 is 34.5 Å². The van der Waals surface area contributed by atoms with Crippen molar-refractivity contribution in [1.29, 1.82) is 0 Å². The minimum atomic E-state index is -0.305. The van der Waals surface area contributed by atoms with E-state index in [2.05, 4.69) is 0 Å². The maximum absolute atomic E-state index is 13.3. The smallest absolute Gasteiger partial charge is 0.242 e. The SMILES string of the molecule is Cc1ccsc1CN(Cc1ccc(F)cc1)C(=O)CN(C(=O)Cc1cccs1)C(C)C. The Hall–Kier alpha value is -2.51. The van der Waals surface area contributed by atoms with Crippen molar-refractivity contribution in [2.24, 2.45) is 0 Å². The molecule has 0 aliphatic heterocycles. The zero-order valence-corrected chi connectivity index (χ0v) is 19.6. The molecule has 0 unspecified atom stereocenters. The summed E-state index contributed by atoms with van der Waals surface area (Å²) < 4.78 is 13.3. The molecule has 0 saturated heterocycles. The minimum absolute atomic E-state index is 0.0213. The van der Waals surface area contributed by atoms with E-state index in [1.165, 1.54) is 12.1 Å². The van der Waals surface area contributed by atoms with Crippen LogP contribution >= 0.6 is 22.7 Å². The number of nitrogens with zero attached hydrogens (tertiary/aromatic N) is 2. The van der Waals surface area contributed by atoms with Crippen molar-refractivity contribution in [1.82, 2.24) is 9.80 Å². The molecule has 0 bridgehead atoms. The molecule has 0 aliphatic carbocycles. The van der Waals surface area contributed by atoms with Gasteiger partial charge in [-0.25, -0.2) is 4.39 Å². The quantitative estimate of drug-likeness (QED) is 0.439. The predicted octanol–water partition coefficient (Wildman–Crippen LogP) is 5.27. The van der Waals surface area contributed by atoms with Gasteiger partial charge in [0, 0.05) is 22.3 Å². The summed E-state index contributed by atoms with van der Waals surface area (Å²) >= 11 is 3.15. The molecule has 0 atom stereocenters. The Morgan fingerprint density at radius 2 is 1.71 bits per heavy atom. The maximum atomic E-state index is 13.3. The van der Waals surface area contributed by atoms with E-state index in [0.717, 1.165) is 20.9 Å². The van der Waals surface area contributed by atoms with Crippen molar-refractivity contribution in [2.45, 2.75) is 46.3 Å². The minimum Gasteiger partial charge on any atom is -0.332 e. The Labute approximate surface area is 190 Å². The lowest BCUT2D eigenvalue weighted by atomic mass is 10.2. The summed E-state index contributed by atoms with van der Waals surface area (Å²) in [5.74, 6) is -0.480. The number of aryl methyl sites for hydroxylation is 1. The first kappa shape index (κ1) is 23.2. The molecule has 7 heteroatoms. The van der Waals surface area contributed by atoms with Crippen LogP contribution < -0.4 is 0 Å². The fourth-order valence-corrected chi connectivity index (χ4v) is 4.87. The number of hydrogen-bond donors (Lipinski definition) is 0. The van der Waals surface area contributed by atoms with Crippen molar-refractivity contribution in [3.63, 3.8) is 0 Å². The fraction of sp³-hybridized carbons (Fsp3) is 0.333. The Kier molecular flexibility index (Phi) is 7.98. The topological polar surface area (TPSA) is 40.6 Å². The van der Waals surface area contributed by atoms with Crippen LogP contribution in [0.25, 0.3) is 0 Å². The third-order valence-corrected chi connectivity index (χ3v) is 6.98. The van der Waals surface area contributed by atoms with Gasteiger partial charge in [-0.3, -0.25) is 9.59 Å². The van der Waals surface area contributed by atoms with Gasteiger partial charge in [0.15, 0.2) is 0 Å². The van der Waals surface area contributed by atoms with E-state index >= 15 is 0 Å². The number of hydrogen-bond acceptors (Lipinski definition) is 4. The molecule has 0 aliphatic rings. The number of rotatable bonds is 9. The van der Waals surface area contributed by atoms with Crippen LogP contribution in [0.5, 0.6) is 0 Å². The van der Waals surface area contributed by atoms with Gasteiger partial charge < -0.3 is 9.80 Å². The molecule has 164 valence electrons.